The molecule has 216 valence electrons. The van der Waals surface area contributed by atoms with Gasteiger partial charge in [0.1, 0.15) is 5.69 Å². The standard InChI is InChI=1S/C43H29N3/c1-43(2)34-19-11-10-18-31(34)32-21-23-36-38(39(32)43)33-24-28-15-6-7-16-29(28)25-37(33)46(36)42-40(27-13-4-3-5-14-27)44-35-22-20-26-12-8-9-17-30(26)41(35)45-42/h3-25H,1-2H3. The van der Waals surface area contributed by atoms with E-state index >= 15 is 0 Å². The second-order valence-corrected chi connectivity index (χ2v) is 13.0. The Morgan fingerprint density at radius 2 is 1.26 bits per heavy atom. The SMILES string of the molecule is CC1(C)c2ccccc2-c2ccc3c(c21)c1cc2ccccc2cc1n3-c1nc2c(ccc3ccccc32)nc1-c1ccccc1. The van der Waals surface area contributed by atoms with Crippen molar-refractivity contribution >= 4 is 54.4 Å². The molecule has 0 saturated heterocycles. The molecule has 0 unspecified atom stereocenters. The van der Waals surface area contributed by atoms with E-state index in [2.05, 4.69) is 158 Å². The first-order chi connectivity index (χ1) is 22.6. The highest BCUT2D eigenvalue weighted by Gasteiger charge is 2.38. The maximum atomic E-state index is 5.57. The van der Waals surface area contributed by atoms with E-state index in [0.29, 0.717) is 0 Å². The molecular weight excluding hydrogens is 558 g/mol. The van der Waals surface area contributed by atoms with Crippen molar-refractivity contribution in [3.63, 3.8) is 0 Å². The van der Waals surface area contributed by atoms with Crippen LogP contribution in [-0.2, 0) is 5.41 Å². The maximum Gasteiger partial charge on any atom is 0.165 e. The number of hydrogen-bond donors (Lipinski definition) is 0. The largest absolute Gasteiger partial charge is 0.292 e. The van der Waals surface area contributed by atoms with E-state index in [1.54, 1.807) is 0 Å². The fourth-order valence-corrected chi connectivity index (χ4v) is 8.02. The van der Waals surface area contributed by atoms with E-state index in [9.17, 15) is 0 Å². The zero-order valence-corrected chi connectivity index (χ0v) is 25.6. The summed E-state index contributed by atoms with van der Waals surface area (Å²) in [6, 6.07) is 50.2. The van der Waals surface area contributed by atoms with Crippen molar-refractivity contribution in [1.29, 1.82) is 0 Å². The fraction of sp³-hybridized carbons (Fsp3) is 0.0698. The van der Waals surface area contributed by atoms with Crippen LogP contribution < -0.4 is 0 Å². The third-order valence-electron chi connectivity index (χ3n) is 10.1. The molecule has 1 aliphatic carbocycles. The van der Waals surface area contributed by atoms with Crippen molar-refractivity contribution < 1.29 is 0 Å². The van der Waals surface area contributed by atoms with E-state index < -0.39 is 0 Å². The number of rotatable bonds is 2. The van der Waals surface area contributed by atoms with Gasteiger partial charge < -0.3 is 0 Å². The van der Waals surface area contributed by atoms with E-state index in [1.807, 2.05) is 0 Å². The van der Waals surface area contributed by atoms with Gasteiger partial charge in [0.2, 0.25) is 0 Å². The third-order valence-corrected chi connectivity index (χ3v) is 10.1. The zero-order valence-electron chi connectivity index (χ0n) is 25.6. The Labute approximate surface area is 266 Å². The highest BCUT2D eigenvalue weighted by atomic mass is 15.1. The van der Waals surface area contributed by atoms with Gasteiger partial charge in [-0.1, -0.05) is 129 Å². The minimum atomic E-state index is -0.163. The Balaban J connectivity index is 1.42. The van der Waals surface area contributed by atoms with Gasteiger partial charge in [-0.15, -0.1) is 0 Å². The summed E-state index contributed by atoms with van der Waals surface area (Å²) in [7, 11) is 0. The Morgan fingerprint density at radius 3 is 2.11 bits per heavy atom. The third kappa shape index (κ3) is 3.37. The minimum Gasteiger partial charge on any atom is -0.292 e. The van der Waals surface area contributed by atoms with Crippen LogP contribution in [0.4, 0.5) is 0 Å². The summed E-state index contributed by atoms with van der Waals surface area (Å²) in [5, 5.41) is 7.24. The molecule has 7 aromatic carbocycles. The molecule has 0 radical (unpaired) electrons. The topological polar surface area (TPSA) is 30.7 Å². The molecule has 0 N–H and O–H groups in total. The molecular formula is C43H29N3. The van der Waals surface area contributed by atoms with Crippen LogP contribution in [0.25, 0.3) is 82.6 Å². The summed E-state index contributed by atoms with van der Waals surface area (Å²) in [6.07, 6.45) is 0. The van der Waals surface area contributed by atoms with Crippen LogP contribution in [0.15, 0.2) is 140 Å². The van der Waals surface area contributed by atoms with E-state index in [1.165, 1.54) is 43.8 Å². The monoisotopic (exact) mass is 587 g/mol. The molecule has 0 amide bonds. The average molecular weight is 588 g/mol. The molecule has 2 aromatic heterocycles. The molecule has 1 aliphatic rings. The van der Waals surface area contributed by atoms with Crippen LogP contribution in [0.1, 0.15) is 25.0 Å². The van der Waals surface area contributed by atoms with Crippen LogP contribution >= 0.6 is 0 Å². The lowest BCUT2D eigenvalue weighted by Crippen LogP contribution is -2.15. The predicted octanol–water partition coefficient (Wildman–Crippen LogP) is 11.0. The van der Waals surface area contributed by atoms with Gasteiger partial charge in [-0.3, -0.25) is 4.57 Å². The number of aromatic nitrogens is 3. The Bertz CT molecular complexity index is 2720. The van der Waals surface area contributed by atoms with Gasteiger partial charge in [0.25, 0.3) is 0 Å². The fourth-order valence-electron chi connectivity index (χ4n) is 8.02. The summed E-state index contributed by atoms with van der Waals surface area (Å²) in [6.45, 7) is 4.75. The second kappa shape index (κ2) is 9.12. The van der Waals surface area contributed by atoms with Crippen molar-refractivity contribution in [2.45, 2.75) is 19.3 Å². The maximum absolute atomic E-state index is 5.57. The molecule has 3 nitrogen and oxygen atoms in total. The number of hydrogen-bond acceptors (Lipinski definition) is 2. The molecule has 0 atom stereocenters. The molecule has 10 rings (SSSR count). The van der Waals surface area contributed by atoms with Gasteiger partial charge in [0, 0.05) is 27.1 Å². The zero-order chi connectivity index (χ0) is 30.6. The van der Waals surface area contributed by atoms with Gasteiger partial charge in [0.15, 0.2) is 5.82 Å². The summed E-state index contributed by atoms with van der Waals surface area (Å²) in [5.41, 5.74) is 11.3. The summed E-state index contributed by atoms with van der Waals surface area (Å²) in [4.78, 5) is 10.9. The van der Waals surface area contributed by atoms with Crippen molar-refractivity contribution in [1.82, 2.24) is 14.5 Å². The molecule has 9 aromatic rings. The first kappa shape index (κ1) is 25.5. The van der Waals surface area contributed by atoms with Crippen molar-refractivity contribution in [3.05, 3.63) is 151 Å². The minimum absolute atomic E-state index is 0.163. The molecule has 2 heterocycles. The van der Waals surface area contributed by atoms with Gasteiger partial charge in [-0.2, -0.15) is 0 Å². The Kier molecular flexibility index (Phi) is 5.06. The summed E-state index contributed by atoms with van der Waals surface area (Å²) in [5.74, 6) is 0.846. The summed E-state index contributed by atoms with van der Waals surface area (Å²) < 4.78 is 2.38. The first-order valence-corrected chi connectivity index (χ1v) is 15.9. The van der Waals surface area contributed by atoms with Gasteiger partial charge in [0.05, 0.1) is 22.1 Å². The number of benzene rings is 7. The van der Waals surface area contributed by atoms with Crippen molar-refractivity contribution in [2.24, 2.45) is 0 Å². The normalized spacial score (nSPS) is 13.6. The quantitative estimate of drug-likeness (QED) is 0.188. The van der Waals surface area contributed by atoms with Crippen molar-refractivity contribution in [3.8, 4) is 28.2 Å². The lowest BCUT2D eigenvalue weighted by atomic mass is 9.80. The lowest BCUT2D eigenvalue weighted by molar-refractivity contribution is 0.666. The van der Waals surface area contributed by atoms with Crippen molar-refractivity contribution in [2.75, 3.05) is 0 Å². The molecule has 0 bridgehead atoms. The van der Waals surface area contributed by atoms with E-state index in [-0.39, 0.29) is 5.41 Å². The molecule has 0 fully saturated rings. The van der Waals surface area contributed by atoms with Crippen LogP contribution in [0.2, 0.25) is 0 Å². The Morgan fingerprint density at radius 1 is 0.543 bits per heavy atom. The van der Waals surface area contributed by atoms with E-state index in [4.69, 9.17) is 9.97 Å². The second-order valence-electron chi connectivity index (χ2n) is 13.0. The van der Waals surface area contributed by atoms with Gasteiger partial charge >= 0.3 is 0 Å². The highest BCUT2D eigenvalue weighted by Crippen LogP contribution is 2.53. The number of nitrogens with zero attached hydrogens (tertiary/aromatic N) is 3. The van der Waals surface area contributed by atoms with Crippen LogP contribution in [0.5, 0.6) is 0 Å². The smallest absolute Gasteiger partial charge is 0.165 e. The highest BCUT2D eigenvalue weighted by molar-refractivity contribution is 6.18. The van der Waals surface area contributed by atoms with Crippen LogP contribution in [-0.4, -0.2) is 14.5 Å². The molecule has 0 aliphatic heterocycles. The molecule has 46 heavy (non-hydrogen) atoms. The Hall–Kier alpha value is -5.80. The predicted molar refractivity (Wildman–Crippen MR) is 192 cm³/mol. The molecule has 0 spiro atoms. The molecule has 0 saturated carbocycles. The molecule has 3 heteroatoms. The van der Waals surface area contributed by atoms with Gasteiger partial charge in [-0.25, -0.2) is 9.97 Å². The summed E-state index contributed by atoms with van der Waals surface area (Å²) >= 11 is 0. The average Bonchev–Trinajstić information content (AvgIpc) is 3.54. The van der Waals surface area contributed by atoms with Gasteiger partial charge in [-0.05, 0) is 62.7 Å². The van der Waals surface area contributed by atoms with E-state index in [0.717, 1.165) is 49.9 Å². The number of fused-ring (bicyclic) bond motifs is 11. The lowest BCUT2D eigenvalue weighted by Gasteiger charge is -2.22. The van der Waals surface area contributed by atoms with Crippen LogP contribution in [0.3, 0.4) is 0 Å². The van der Waals surface area contributed by atoms with Crippen LogP contribution in [0, 0.1) is 0 Å². The first-order valence-electron chi connectivity index (χ1n) is 15.9.